The minimum atomic E-state index is -0.351. The monoisotopic (exact) mass is 422 g/mol. The molecule has 2 nitrogen and oxygen atoms in total. The molecule has 0 fully saturated rings. The summed E-state index contributed by atoms with van der Waals surface area (Å²) >= 11 is 0. The third kappa shape index (κ3) is 2.19. The Morgan fingerprint density at radius 3 is 2.56 bits per heavy atom. The molecule has 5 heteroatoms. The van der Waals surface area contributed by atoms with Crippen LogP contribution in [0.2, 0.25) is 0 Å². The largest absolute Gasteiger partial charge is 0.284 e. The second-order valence-electron chi connectivity index (χ2n) is 3.65. The molecule has 0 aliphatic carbocycles. The summed E-state index contributed by atoms with van der Waals surface area (Å²) in [5, 5.41) is 4.83. The van der Waals surface area contributed by atoms with E-state index in [0.29, 0.717) is 11.1 Å². The molecule has 2 aromatic carbocycles. The van der Waals surface area contributed by atoms with Gasteiger partial charge in [-0.3, -0.25) is 9.07 Å². The van der Waals surface area contributed by atoms with E-state index in [-0.39, 0.29) is 31.7 Å². The van der Waals surface area contributed by atoms with Crippen LogP contribution in [0.25, 0.3) is 16.6 Å². The number of hydrogen-bond acceptors (Lipinski definition) is 1. The fourth-order valence-electron chi connectivity index (χ4n) is 1.73. The summed E-state index contributed by atoms with van der Waals surface area (Å²) in [6.07, 6.45) is 1.57. The Morgan fingerprint density at radius 2 is 1.83 bits per heavy atom. The van der Waals surface area contributed by atoms with Crippen LogP contribution in [0, 0.1) is 17.7 Å². The van der Waals surface area contributed by atoms with Gasteiger partial charge in [0.25, 0.3) is 0 Å². The average Bonchev–Trinajstić information content (AvgIpc) is 2.73. The van der Waals surface area contributed by atoms with Gasteiger partial charge in [0.1, 0.15) is 5.82 Å². The molecule has 0 saturated heterocycles. The van der Waals surface area contributed by atoms with E-state index in [1.54, 1.807) is 23.0 Å². The van der Waals surface area contributed by atoms with Gasteiger partial charge in [0.05, 0.1) is 11.7 Å². The van der Waals surface area contributed by atoms with E-state index in [4.69, 9.17) is 0 Å². The van der Waals surface area contributed by atoms with E-state index in [9.17, 15) is 8.78 Å². The first-order valence-electron chi connectivity index (χ1n) is 5.05. The second-order valence-corrected chi connectivity index (χ2v) is 3.65. The van der Waals surface area contributed by atoms with Crippen molar-refractivity contribution < 1.29 is 28.9 Å². The zero-order chi connectivity index (χ0) is 11.8. The molecule has 1 radical (unpaired) electrons. The number of fused-ring (bicyclic) bond motifs is 1. The van der Waals surface area contributed by atoms with Crippen LogP contribution in [0.5, 0.6) is 0 Å². The van der Waals surface area contributed by atoms with Crippen LogP contribution in [0.4, 0.5) is 8.78 Å². The van der Waals surface area contributed by atoms with E-state index >= 15 is 0 Å². The van der Waals surface area contributed by atoms with Crippen molar-refractivity contribution in [3.05, 3.63) is 60.3 Å². The number of rotatable bonds is 1. The number of benzene rings is 2. The average molecular weight is 421 g/mol. The number of nitrogens with zero attached hydrogens (tertiary/aromatic N) is 2. The van der Waals surface area contributed by atoms with Crippen molar-refractivity contribution in [1.82, 2.24) is 9.78 Å². The summed E-state index contributed by atoms with van der Waals surface area (Å²) in [5.41, 5.74) is 1.38. The molecule has 0 bridgehead atoms. The number of hydrogen-bond donors (Lipinski definition) is 0. The van der Waals surface area contributed by atoms with E-state index in [1.807, 2.05) is 0 Å². The van der Waals surface area contributed by atoms with E-state index in [0.717, 1.165) is 5.52 Å². The molecule has 3 aromatic rings. The quantitative estimate of drug-likeness (QED) is 0.553. The van der Waals surface area contributed by atoms with Gasteiger partial charge in [0, 0.05) is 31.3 Å². The molecule has 0 atom stereocenters. The minimum Gasteiger partial charge on any atom is -0.284 e. The Balaban J connectivity index is 0.00000120. The predicted molar refractivity (Wildman–Crippen MR) is 59.8 cm³/mol. The minimum absolute atomic E-state index is 0. The fraction of sp³-hybridized carbons (Fsp3) is 0. The van der Waals surface area contributed by atoms with Crippen molar-refractivity contribution in [3.8, 4) is 5.69 Å². The van der Waals surface area contributed by atoms with Crippen LogP contribution in [-0.4, -0.2) is 9.78 Å². The maximum atomic E-state index is 13.0. The molecule has 0 N–H and O–H groups in total. The van der Waals surface area contributed by atoms with Crippen LogP contribution < -0.4 is 0 Å². The maximum Gasteiger partial charge on any atom is 0.124 e. The molecule has 18 heavy (non-hydrogen) atoms. The third-order valence-corrected chi connectivity index (χ3v) is 2.52. The SMILES string of the molecule is Fc1c[c-]c(-n2ncc3cc(F)ccc32)cc1.[Ir]. The summed E-state index contributed by atoms with van der Waals surface area (Å²) in [4.78, 5) is 0. The summed E-state index contributed by atoms with van der Waals surface area (Å²) < 4.78 is 27.4. The van der Waals surface area contributed by atoms with Gasteiger partial charge in [-0.2, -0.15) is 11.2 Å². The first kappa shape index (κ1) is 12.9. The topological polar surface area (TPSA) is 17.8 Å². The zero-order valence-electron chi connectivity index (χ0n) is 9.03. The van der Waals surface area contributed by atoms with Crippen molar-refractivity contribution in [2.24, 2.45) is 0 Å². The number of halogens is 2. The first-order valence-corrected chi connectivity index (χ1v) is 5.05. The third-order valence-electron chi connectivity index (χ3n) is 2.52. The summed E-state index contributed by atoms with van der Waals surface area (Å²) in [5.74, 6) is -0.656. The standard InChI is InChI=1S/C13H7F2N2.Ir/c14-10-1-4-12(5-2-10)17-13-6-3-11(15)7-9(13)8-16-17;/h1-4,6-8H;/q-1;. The van der Waals surface area contributed by atoms with Gasteiger partial charge < -0.3 is 0 Å². The molecule has 3 rings (SSSR count). The van der Waals surface area contributed by atoms with Crippen LogP contribution in [0.1, 0.15) is 0 Å². The predicted octanol–water partition coefficient (Wildman–Crippen LogP) is 3.10. The van der Waals surface area contributed by atoms with Crippen LogP contribution >= 0.6 is 0 Å². The molecule has 1 aromatic heterocycles. The van der Waals surface area contributed by atoms with Gasteiger partial charge in [-0.15, -0.1) is 18.2 Å². The molecule has 0 amide bonds. The Kier molecular flexibility index (Phi) is 3.55. The van der Waals surface area contributed by atoms with Gasteiger partial charge in [-0.05, 0) is 23.9 Å². The molecule has 0 aliphatic heterocycles. The normalized spacial score (nSPS) is 10.3. The summed E-state index contributed by atoms with van der Waals surface area (Å²) in [6.45, 7) is 0. The fourth-order valence-corrected chi connectivity index (χ4v) is 1.73. The van der Waals surface area contributed by atoms with Crippen molar-refractivity contribution in [2.45, 2.75) is 0 Å². The number of aromatic nitrogens is 2. The van der Waals surface area contributed by atoms with Gasteiger partial charge in [-0.25, -0.2) is 4.39 Å². The smallest absolute Gasteiger partial charge is 0.124 e. The molecular formula is C13H7F2IrN2-. The Bertz CT molecular complexity index is 677. The van der Waals surface area contributed by atoms with Gasteiger partial charge >= 0.3 is 0 Å². The van der Waals surface area contributed by atoms with Crippen molar-refractivity contribution in [1.29, 1.82) is 0 Å². The van der Waals surface area contributed by atoms with Gasteiger partial charge in [0.2, 0.25) is 0 Å². The Hall–Kier alpha value is -1.58. The van der Waals surface area contributed by atoms with E-state index < -0.39 is 0 Å². The van der Waals surface area contributed by atoms with Crippen LogP contribution in [-0.2, 0) is 20.1 Å². The zero-order valence-corrected chi connectivity index (χ0v) is 11.4. The Morgan fingerprint density at radius 1 is 1.06 bits per heavy atom. The van der Waals surface area contributed by atoms with Crippen LogP contribution in [0.15, 0.2) is 42.6 Å². The molecule has 0 spiro atoms. The molecule has 0 saturated carbocycles. The van der Waals surface area contributed by atoms with Crippen LogP contribution in [0.3, 0.4) is 0 Å². The molecule has 0 aliphatic rings. The van der Waals surface area contributed by atoms with Crippen molar-refractivity contribution >= 4 is 10.9 Å². The van der Waals surface area contributed by atoms with Crippen molar-refractivity contribution in [2.75, 3.05) is 0 Å². The van der Waals surface area contributed by atoms with Gasteiger partial charge in [-0.1, -0.05) is 0 Å². The Labute approximate surface area is 116 Å². The van der Waals surface area contributed by atoms with E-state index in [2.05, 4.69) is 11.2 Å². The van der Waals surface area contributed by atoms with E-state index in [1.165, 1.54) is 24.3 Å². The molecular weight excluding hydrogens is 414 g/mol. The molecule has 93 valence electrons. The van der Waals surface area contributed by atoms with Gasteiger partial charge in [0.15, 0.2) is 0 Å². The molecule has 0 unspecified atom stereocenters. The molecule has 1 heterocycles. The summed E-state index contributed by atoms with van der Waals surface area (Å²) in [7, 11) is 0. The van der Waals surface area contributed by atoms with Crippen molar-refractivity contribution in [3.63, 3.8) is 0 Å². The summed E-state index contributed by atoms with van der Waals surface area (Å²) in [6, 6.07) is 11.3. The second kappa shape index (κ2) is 4.96. The first-order chi connectivity index (χ1) is 8.24. The maximum absolute atomic E-state index is 13.0.